The summed E-state index contributed by atoms with van der Waals surface area (Å²) >= 11 is 0. The summed E-state index contributed by atoms with van der Waals surface area (Å²) in [6.07, 6.45) is 1.92. The normalized spacial score (nSPS) is 24.9. The summed E-state index contributed by atoms with van der Waals surface area (Å²) in [5.41, 5.74) is 3.89. The Morgan fingerprint density at radius 3 is 2.43 bits per heavy atom. The van der Waals surface area contributed by atoms with Crippen LogP contribution < -0.4 is 14.4 Å². The quantitative estimate of drug-likeness (QED) is 0.128. The van der Waals surface area contributed by atoms with E-state index in [-0.39, 0.29) is 63.9 Å². The van der Waals surface area contributed by atoms with E-state index in [1.165, 1.54) is 25.3 Å². The van der Waals surface area contributed by atoms with Crippen LogP contribution in [0.1, 0.15) is 79.2 Å². The van der Waals surface area contributed by atoms with Crippen LogP contribution in [0.15, 0.2) is 24.3 Å². The maximum Gasteiger partial charge on any atom is 0.319 e. The maximum atomic E-state index is 17.6. The minimum absolute atomic E-state index is 0.0261. The molecule has 2 N–H and O–H groups in total. The first kappa shape index (κ1) is 38.7. The Bertz CT molecular complexity index is 2240. The number of rotatable bonds is 9. The molecule has 13 heteroatoms. The molecule has 298 valence electrons. The third-order valence-electron chi connectivity index (χ3n) is 13.4. The zero-order chi connectivity index (χ0) is 39.8. The van der Waals surface area contributed by atoms with Gasteiger partial charge in [0.05, 0.1) is 30.4 Å². The Morgan fingerprint density at radius 2 is 1.75 bits per heavy atom. The average Bonchev–Trinajstić information content (AvgIpc) is 3.91. The van der Waals surface area contributed by atoms with Crippen molar-refractivity contribution in [2.75, 3.05) is 38.3 Å². The second kappa shape index (κ2) is 14.4. The number of aromatic hydroxyl groups is 1. The lowest BCUT2D eigenvalue weighted by Crippen LogP contribution is -2.44. The molecule has 9 nitrogen and oxygen atoms in total. The molecule has 0 radical (unpaired) electrons. The summed E-state index contributed by atoms with van der Waals surface area (Å²) in [6.45, 7) is 14.9. The molecule has 3 aliphatic heterocycles. The first-order valence-corrected chi connectivity index (χ1v) is 22.3. The fourth-order valence-corrected chi connectivity index (χ4v) is 16.1. The van der Waals surface area contributed by atoms with Gasteiger partial charge in [0.1, 0.15) is 54.8 Å². The molecule has 5 heterocycles. The number of ether oxygens (including phenoxy) is 2. The van der Waals surface area contributed by atoms with Gasteiger partial charge < -0.3 is 24.6 Å². The van der Waals surface area contributed by atoms with Gasteiger partial charge in [0, 0.05) is 30.5 Å². The van der Waals surface area contributed by atoms with Crippen LogP contribution in [0, 0.1) is 29.0 Å². The molecule has 5 atom stereocenters. The molecule has 0 spiro atoms. The number of methoxy groups -OCH3 is 1. The first-order valence-electron chi connectivity index (χ1n) is 20.1. The van der Waals surface area contributed by atoms with Gasteiger partial charge in [-0.05, 0) is 78.4 Å². The number of halogens is 3. The van der Waals surface area contributed by atoms with Crippen LogP contribution in [0.2, 0.25) is 16.6 Å². The van der Waals surface area contributed by atoms with Crippen molar-refractivity contribution in [3.05, 3.63) is 41.5 Å². The van der Waals surface area contributed by atoms with E-state index < -0.39 is 37.5 Å². The molecular formula is C43H52F3N5O4Si. The largest absolute Gasteiger partial charge is 0.508 e. The summed E-state index contributed by atoms with van der Waals surface area (Å²) in [7, 11) is -0.895. The van der Waals surface area contributed by atoms with Crippen molar-refractivity contribution in [1.29, 1.82) is 0 Å². The van der Waals surface area contributed by atoms with E-state index in [2.05, 4.69) is 62.9 Å². The molecule has 8 rings (SSSR count). The average molecular weight is 788 g/mol. The second-order valence-corrected chi connectivity index (χ2v) is 23.1. The molecule has 3 unspecified atom stereocenters. The fourth-order valence-electron chi connectivity index (χ4n) is 10.9. The number of phenols is 1. The molecule has 56 heavy (non-hydrogen) atoms. The number of aromatic nitrogens is 3. The Balaban J connectivity index is 1.34. The van der Waals surface area contributed by atoms with Gasteiger partial charge in [0.2, 0.25) is 5.88 Å². The number of piperidine rings is 1. The minimum atomic E-state index is -2.32. The van der Waals surface area contributed by atoms with Crippen LogP contribution in [0.3, 0.4) is 0 Å². The van der Waals surface area contributed by atoms with Crippen LogP contribution in [0.4, 0.5) is 19.0 Å². The second-order valence-electron chi connectivity index (χ2n) is 17.5. The molecule has 4 aromatic rings. The lowest BCUT2D eigenvalue weighted by atomic mass is 9.95. The molecule has 1 saturated carbocycles. The van der Waals surface area contributed by atoms with Crippen molar-refractivity contribution >= 4 is 35.6 Å². The van der Waals surface area contributed by atoms with Crippen LogP contribution in [0.25, 0.3) is 32.9 Å². The third kappa shape index (κ3) is 6.18. The number of nitrogens with zero attached hydrogens (tertiary/aromatic N) is 5. The van der Waals surface area contributed by atoms with Gasteiger partial charge in [-0.15, -0.1) is 5.54 Å². The molecular weight excluding hydrogens is 736 g/mol. The molecule has 2 bridgehead atoms. The SMILES string of the molecule is COc1nc(-c2cc(O)cc3ccc(F)c(C#C[Si](C(C)C)(C(C)C)C(C)C)c23)c(F)c2nc(OC[C@@]34CCCN3C[C@H](F)C4)nc(N3CC4CC(O)C3C4)c12. The number of pyridine rings is 1. The molecule has 0 amide bonds. The number of hydrogen-bond acceptors (Lipinski definition) is 9. The maximum absolute atomic E-state index is 17.6. The van der Waals surface area contributed by atoms with Crippen molar-refractivity contribution in [3.8, 4) is 40.4 Å². The smallest absolute Gasteiger partial charge is 0.319 e. The van der Waals surface area contributed by atoms with E-state index in [9.17, 15) is 14.6 Å². The lowest BCUT2D eigenvalue weighted by molar-refractivity contribution is 0.107. The fraction of sp³-hybridized carbons (Fsp3) is 0.558. The number of alkyl halides is 1. The third-order valence-corrected chi connectivity index (χ3v) is 19.7. The van der Waals surface area contributed by atoms with E-state index in [0.717, 1.165) is 25.8 Å². The van der Waals surface area contributed by atoms with Gasteiger partial charge in [-0.1, -0.05) is 53.5 Å². The highest BCUT2D eigenvalue weighted by Gasteiger charge is 2.50. The zero-order valence-corrected chi connectivity index (χ0v) is 34.3. The number of aliphatic hydroxyl groups excluding tert-OH is 1. The molecule has 4 fully saturated rings. The minimum Gasteiger partial charge on any atom is -0.508 e. The number of fused-ring (bicyclic) bond motifs is 5. The summed E-state index contributed by atoms with van der Waals surface area (Å²) in [5.74, 6) is 2.29. The number of phenolic OH excluding ortho intramolecular Hbond substituents is 1. The van der Waals surface area contributed by atoms with E-state index in [1.54, 1.807) is 6.07 Å². The van der Waals surface area contributed by atoms with E-state index >= 15 is 8.78 Å². The summed E-state index contributed by atoms with van der Waals surface area (Å²) in [6, 6.07) is 5.42. The highest BCUT2D eigenvalue weighted by molar-refractivity contribution is 6.90. The first-order chi connectivity index (χ1) is 26.7. The van der Waals surface area contributed by atoms with Crippen molar-refractivity contribution in [2.45, 2.75) is 114 Å². The summed E-state index contributed by atoms with van der Waals surface area (Å²) in [5, 5.41) is 23.0. The monoisotopic (exact) mass is 787 g/mol. The molecule has 2 aromatic carbocycles. The zero-order valence-electron chi connectivity index (χ0n) is 33.3. The van der Waals surface area contributed by atoms with Gasteiger partial charge in [-0.25, -0.2) is 18.2 Å². The van der Waals surface area contributed by atoms with E-state index in [4.69, 9.17) is 19.4 Å². The van der Waals surface area contributed by atoms with Crippen LogP contribution in [0.5, 0.6) is 17.6 Å². The predicted octanol–water partition coefficient (Wildman–Crippen LogP) is 8.32. The summed E-state index contributed by atoms with van der Waals surface area (Å²) in [4.78, 5) is 18.3. The Kier molecular flexibility index (Phi) is 9.93. The van der Waals surface area contributed by atoms with Crippen molar-refractivity contribution in [3.63, 3.8) is 0 Å². The Hall–Kier alpha value is -4.12. The Morgan fingerprint density at radius 1 is 1.00 bits per heavy atom. The van der Waals surface area contributed by atoms with Gasteiger partial charge in [-0.2, -0.15) is 9.97 Å². The number of aliphatic hydroxyl groups is 1. The van der Waals surface area contributed by atoms with Gasteiger partial charge >= 0.3 is 6.01 Å². The van der Waals surface area contributed by atoms with E-state index in [1.807, 2.05) is 4.90 Å². The van der Waals surface area contributed by atoms with Gasteiger partial charge in [0.25, 0.3) is 0 Å². The molecule has 4 aliphatic rings. The number of hydrogen-bond donors (Lipinski definition) is 2. The molecule has 3 saturated heterocycles. The lowest BCUT2D eigenvalue weighted by Gasteiger charge is -2.38. The van der Waals surface area contributed by atoms with Crippen LogP contribution >= 0.6 is 0 Å². The van der Waals surface area contributed by atoms with Crippen molar-refractivity contribution in [2.24, 2.45) is 5.92 Å². The Labute approximate surface area is 327 Å². The van der Waals surface area contributed by atoms with Gasteiger partial charge in [0.15, 0.2) is 5.82 Å². The van der Waals surface area contributed by atoms with Crippen LogP contribution in [-0.4, -0.2) is 95.3 Å². The van der Waals surface area contributed by atoms with Crippen LogP contribution in [-0.2, 0) is 0 Å². The number of anilines is 1. The number of benzene rings is 2. The van der Waals surface area contributed by atoms with Gasteiger partial charge in [-0.3, -0.25) is 4.90 Å². The molecule has 1 aliphatic carbocycles. The predicted molar refractivity (Wildman–Crippen MR) is 215 cm³/mol. The standard InChI is InChI=1S/C43H52F3N5O4Si/c1-23(2)56(24(3)4,25(5)6)14-11-30-32(45)10-9-27-17-29(52)18-31(35(27)30)38-37(46)39-36(41(47-38)54-7)40(51-20-26-15-33(51)34(53)16-26)49-42(48-39)55-22-43-12-8-13-50(43)21-28(44)19-43/h9-10,17-18,23-26,28,33-34,52-53H,8,12-13,15-16,19-22H2,1-7H3/t26?,28-,33?,34?,43+/m1/s1. The molecule has 2 aromatic heterocycles. The summed E-state index contributed by atoms with van der Waals surface area (Å²) < 4.78 is 60.6. The highest BCUT2D eigenvalue weighted by Crippen LogP contribution is 2.47. The van der Waals surface area contributed by atoms with E-state index in [0.29, 0.717) is 59.1 Å². The topological polar surface area (TPSA) is 104 Å². The van der Waals surface area contributed by atoms with Crippen molar-refractivity contribution < 1.29 is 32.9 Å². The van der Waals surface area contributed by atoms with Crippen molar-refractivity contribution in [1.82, 2.24) is 19.9 Å². The highest BCUT2D eigenvalue weighted by atomic mass is 28.3.